The molecular formula is C23H46N6O. The molecule has 2 fully saturated rings. The monoisotopic (exact) mass is 422 g/mol. The first-order chi connectivity index (χ1) is 14.4. The van der Waals surface area contributed by atoms with E-state index in [9.17, 15) is 4.79 Å². The van der Waals surface area contributed by atoms with Gasteiger partial charge in [-0.2, -0.15) is 0 Å². The van der Waals surface area contributed by atoms with Crippen LogP contribution in [0.25, 0.3) is 0 Å². The SMILES string of the molecule is CN=C(NCCCN1CCCC1C(=O)N(C)C)NCC(C(C)C)N1CCCCCC1. The summed E-state index contributed by atoms with van der Waals surface area (Å²) in [5.74, 6) is 1.75. The lowest BCUT2D eigenvalue weighted by Crippen LogP contribution is -2.50. The fourth-order valence-electron chi connectivity index (χ4n) is 4.80. The van der Waals surface area contributed by atoms with E-state index in [0.717, 1.165) is 51.4 Å². The Morgan fingerprint density at radius 3 is 2.37 bits per heavy atom. The lowest BCUT2D eigenvalue weighted by atomic mass is 10.0. The van der Waals surface area contributed by atoms with E-state index in [4.69, 9.17) is 0 Å². The highest BCUT2D eigenvalue weighted by atomic mass is 16.2. The fourth-order valence-corrected chi connectivity index (χ4v) is 4.80. The summed E-state index contributed by atoms with van der Waals surface area (Å²) in [5.41, 5.74) is 0. The number of amides is 1. The molecule has 2 saturated heterocycles. The zero-order chi connectivity index (χ0) is 21.9. The molecule has 0 aromatic heterocycles. The summed E-state index contributed by atoms with van der Waals surface area (Å²) in [6.45, 7) is 10.9. The van der Waals surface area contributed by atoms with Crippen molar-refractivity contribution >= 4 is 11.9 Å². The highest BCUT2D eigenvalue weighted by Gasteiger charge is 2.31. The van der Waals surface area contributed by atoms with Gasteiger partial charge in [0.15, 0.2) is 5.96 Å². The first kappa shape index (κ1) is 24.9. The molecule has 2 atom stereocenters. The van der Waals surface area contributed by atoms with E-state index in [1.165, 1.54) is 38.8 Å². The quantitative estimate of drug-likeness (QED) is 0.338. The number of nitrogens with zero attached hydrogens (tertiary/aromatic N) is 4. The molecule has 174 valence electrons. The number of hydrogen-bond donors (Lipinski definition) is 2. The van der Waals surface area contributed by atoms with Crippen LogP contribution in [0.3, 0.4) is 0 Å². The van der Waals surface area contributed by atoms with Gasteiger partial charge in [0.1, 0.15) is 0 Å². The van der Waals surface area contributed by atoms with Crippen molar-refractivity contribution < 1.29 is 4.79 Å². The highest BCUT2D eigenvalue weighted by Crippen LogP contribution is 2.19. The number of guanidine groups is 1. The van der Waals surface area contributed by atoms with Gasteiger partial charge in [-0.1, -0.05) is 26.7 Å². The van der Waals surface area contributed by atoms with Gasteiger partial charge in [-0.05, 0) is 57.7 Å². The minimum atomic E-state index is 0.0675. The molecule has 0 radical (unpaired) electrons. The summed E-state index contributed by atoms with van der Waals surface area (Å²) >= 11 is 0. The second-order valence-corrected chi connectivity index (χ2v) is 9.42. The van der Waals surface area contributed by atoms with Crippen LogP contribution in [-0.2, 0) is 4.79 Å². The van der Waals surface area contributed by atoms with E-state index >= 15 is 0 Å². The number of rotatable bonds is 9. The third-order valence-corrected chi connectivity index (χ3v) is 6.59. The third-order valence-electron chi connectivity index (χ3n) is 6.59. The molecule has 0 saturated carbocycles. The number of aliphatic imine (C=N–C) groups is 1. The van der Waals surface area contributed by atoms with Crippen LogP contribution < -0.4 is 10.6 Å². The molecule has 1 amide bonds. The van der Waals surface area contributed by atoms with Gasteiger partial charge < -0.3 is 15.5 Å². The Balaban J connectivity index is 1.73. The molecule has 7 nitrogen and oxygen atoms in total. The van der Waals surface area contributed by atoms with Gasteiger partial charge >= 0.3 is 0 Å². The molecule has 0 aromatic carbocycles. The van der Waals surface area contributed by atoms with Crippen LogP contribution in [0, 0.1) is 5.92 Å². The lowest BCUT2D eigenvalue weighted by molar-refractivity contribution is -0.133. The minimum Gasteiger partial charge on any atom is -0.356 e. The maximum Gasteiger partial charge on any atom is 0.239 e. The van der Waals surface area contributed by atoms with E-state index in [0.29, 0.717) is 12.0 Å². The van der Waals surface area contributed by atoms with Crippen molar-refractivity contribution in [3.05, 3.63) is 0 Å². The second kappa shape index (κ2) is 13.2. The van der Waals surface area contributed by atoms with Crippen LogP contribution in [0.2, 0.25) is 0 Å². The molecule has 2 rings (SSSR count). The Kier molecular flexibility index (Phi) is 10.9. The first-order valence-corrected chi connectivity index (χ1v) is 12.1. The van der Waals surface area contributed by atoms with Crippen molar-refractivity contribution in [1.82, 2.24) is 25.3 Å². The molecule has 0 bridgehead atoms. The molecule has 2 aliphatic heterocycles. The smallest absolute Gasteiger partial charge is 0.239 e. The van der Waals surface area contributed by atoms with Crippen molar-refractivity contribution in [3.63, 3.8) is 0 Å². The van der Waals surface area contributed by atoms with Gasteiger partial charge in [-0.3, -0.25) is 19.6 Å². The van der Waals surface area contributed by atoms with Gasteiger partial charge in [0.25, 0.3) is 0 Å². The van der Waals surface area contributed by atoms with Gasteiger partial charge in [0.05, 0.1) is 6.04 Å². The van der Waals surface area contributed by atoms with Crippen LogP contribution in [0.4, 0.5) is 0 Å². The topological polar surface area (TPSA) is 63.2 Å². The predicted octanol–water partition coefficient (Wildman–Crippen LogP) is 1.99. The van der Waals surface area contributed by atoms with Crippen molar-refractivity contribution in [2.24, 2.45) is 10.9 Å². The average molecular weight is 423 g/mol. The Morgan fingerprint density at radius 2 is 1.77 bits per heavy atom. The molecule has 2 heterocycles. The van der Waals surface area contributed by atoms with Gasteiger partial charge in [-0.25, -0.2) is 0 Å². The largest absolute Gasteiger partial charge is 0.356 e. The minimum absolute atomic E-state index is 0.0675. The van der Waals surface area contributed by atoms with E-state index in [2.05, 4.69) is 39.3 Å². The van der Waals surface area contributed by atoms with Crippen LogP contribution in [-0.4, -0.2) is 99.1 Å². The third kappa shape index (κ3) is 7.73. The summed E-state index contributed by atoms with van der Waals surface area (Å²) in [6, 6.07) is 0.613. The normalized spacial score (nSPS) is 22.7. The van der Waals surface area contributed by atoms with Crippen LogP contribution >= 0.6 is 0 Å². The molecule has 2 aliphatic rings. The number of carbonyl (C=O) groups is 1. The first-order valence-electron chi connectivity index (χ1n) is 12.1. The Hall–Kier alpha value is -1.34. The highest BCUT2D eigenvalue weighted by molar-refractivity contribution is 5.81. The van der Waals surface area contributed by atoms with Crippen LogP contribution in [0.5, 0.6) is 0 Å². The number of nitrogens with one attached hydrogen (secondary N) is 2. The molecule has 2 N–H and O–H groups in total. The Bertz CT molecular complexity index is 528. The summed E-state index contributed by atoms with van der Waals surface area (Å²) in [4.78, 5) is 23.5. The molecule has 0 aliphatic carbocycles. The molecule has 0 spiro atoms. The van der Waals surface area contributed by atoms with Crippen molar-refractivity contribution in [2.45, 2.75) is 70.9 Å². The van der Waals surface area contributed by atoms with Gasteiger partial charge in [-0.15, -0.1) is 0 Å². The number of likely N-dealkylation sites (N-methyl/N-ethyl adjacent to an activating group) is 1. The zero-order valence-corrected chi connectivity index (χ0v) is 20.1. The molecule has 7 heteroatoms. The average Bonchev–Trinajstić information content (AvgIpc) is 3.02. The number of carbonyl (C=O) groups excluding carboxylic acids is 1. The van der Waals surface area contributed by atoms with Crippen molar-refractivity contribution in [3.8, 4) is 0 Å². The van der Waals surface area contributed by atoms with E-state index in [1.807, 2.05) is 21.1 Å². The summed E-state index contributed by atoms with van der Waals surface area (Å²) in [5, 5.41) is 7.03. The van der Waals surface area contributed by atoms with E-state index in [-0.39, 0.29) is 11.9 Å². The van der Waals surface area contributed by atoms with Crippen LogP contribution in [0.1, 0.15) is 58.8 Å². The van der Waals surface area contributed by atoms with Gasteiger partial charge in [0.2, 0.25) is 5.91 Å². The maximum absolute atomic E-state index is 12.3. The number of hydrogen-bond acceptors (Lipinski definition) is 4. The maximum atomic E-state index is 12.3. The van der Waals surface area contributed by atoms with Crippen LogP contribution in [0.15, 0.2) is 4.99 Å². The van der Waals surface area contributed by atoms with E-state index in [1.54, 1.807) is 4.90 Å². The molecule has 0 aromatic rings. The van der Waals surface area contributed by atoms with Gasteiger partial charge in [0, 0.05) is 46.8 Å². The molecule has 2 unspecified atom stereocenters. The summed E-state index contributed by atoms with van der Waals surface area (Å²) in [7, 11) is 5.55. The lowest BCUT2D eigenvalue weighted by Gasteiger charge is -2.34. The standard InChI is InChI=1S/C23H46N6O/c1-19(2)21(29-14-8-6-7-9-15-29)18-26-23(24-3)25-13-11-17-28-16-10-12-20(28)22(30)27(4)5/h19-21H,6-18H2,1-5H3,(H2,24,25,26). The fraction of sp³-hybridized carbons (Fsp3) is 0.913. The number of likely N-dealkylation sites (tertiary alicyclic amines) is 2. The Morgan fingerprint density at radius 1 is 1.07 bits per heavy atom. The van der Waals surface area contributed by atoms with Crippen molar-refractivity contribution in [2.75, 3.05) is 60.4 Å². The predicted molar refractivity (Wildman–Crippen MR) is 126 cm³/mol. The summed E-state index contributed by atoms with van der Waals surface area (Å²) in [6.07, 6.45) is 8.51. The Labute approximate surface area is 184 Å². The zero-order valence-electron chi connectivity index (χ0n) is 20.1. The molecular weight excluding hydrogens is 376 g/mol. The van der Waals surface area contributed by atoms with E-state index < -0.39 is 0 Å². The van der Waals surface area contributed by atoms with Crippen molar-refractivity contribution in [1.29, 1.82) is 0 Å². The molecule has 30 heavy (non-hydrogen) atoms. The summed E-state index contributed by atoms with van der Waals surface area (Å²) < 4.78 is 0. The second-order valence-electron chi connectivity index (χ2n) is 9.42.